The molecule has 0 N–H and O–H groups in total. The standard InChI is InChI=1S/C47H38N5.Pt/c1-46(2,3)33-26-34(28-36(27-33)50-25-24-48(4)30-50)47(32-14-7-6-8-15-32)39-18-13-17-38-37-16-9-10-19-41(37)52(45(38)39)42-23-22-35(29-40(42)47)51-31-49(5)43-20-11-12-21-44(43)51;/h6-27,31H,1-5H3;/q-3;+4. The first-order chi connectivity index (χ1) is 25.2. The average Bonchev–Trinajstić information content (AvgIpc) is 3.86. The van der Waals surface area contributed by atoms with E-state index in [1.165, 1.54) is 44.2 Å². The fraction of sp³-hybridized carbons (Fsp3) is 0.149. The SMILES string of the molecule is CN1[CH-]N(c2[c-]c3c(cc2)-n2c4ccccc4c4cccc(c42)C3(c2[c-]c(-n3[c-][n+](C)cc3)cc(C(C)(C)C)c2)c2ccccc2)c2ccccc21.[Pt+4]. The van der Waals surface area contributed by atoms with Crippen molar-refractivity contribution < 1.29 is 25.6 Å². The van der Waals surface area contributed by atoms with Crippen LogP contribution in [0.15, 0.2) is 134 Å². The number of aromatic nitrogens is 3. The van der Waals surface area contributed by atoms with E-state index in [1.807, 2.05) is 17.8 Å². The Bertz CT molecular complexity index is 2700. The molecule has 0 bridgehead atoms. The molecule has 260 valence electrons. The second kappa shape index (κ2) is 12.1. The molecule has 1 unspecified atom stereocenters. The average molecular weight is 868 g/mol. The Kier molecular flexibility index (Phi) is 7.62. The minimum Gasteiger partial charge on any atom is -0.504 e. The van der Waals surface area contributed by atoms with E-state index in [-0.39, 0.29) is 26.5 Å². The van der Waals surface area contributed by atoms with Gasteiger partial charge in [-0.2, -0.15) is 42.1 Å². The summed E-state index contributed by atoms with van der Waals surface area (Å²) in [6.45, 7) is 9.04. The van der Waals surface area contributed by atoms with Gasteiger partial charge < -0.3 is 23.5 Å². The van der Waals surface area contributed by atoms with Crippen molar-refractivity contribution in [3.63, 3.8) is 0 Å². The molecule has 2 aliphatic rings. The zero-order valence-corrected chi connectivity index (χ0v) is 32.6. The quantitative estimate of drug-likeness (QED) is 0.130. The normalized spacial score (nSPS) is 16.2. The van der Waals surface area contributed by atoms with Gasteiger partial charge in [-0.1, -0.05) is 111 Å². The molecule has 1 atom stereocenters. The number of fused-ring (bicyclic) bond motifs is 6. The zero-order chi connectivity index (χ0) is 35.4. The van der Waals surface area contributed by atoms with Gasteiger partial charge in [0.1, 0.15) is 0 Å². The molecular weight excluding hydrogens is 830 g/mol. The summed E-state index contributed by atoms with van der Waals surface area (Å²) in [4.78, 5) is 4.45. The maximum atomic E-state index is 4.12. The number of para-hydroxylation sites is 4. The van der Waals surface area contributed by atoms with Gasteiger partial charge in [0, 0.05) is 51.0 Å². The van der Waals surface area contributed by atoms with E-state index >= 15 is 0 Å². The van der Waals surface area contributed by atoms with Crippen molar-refractivity contribution in [2.75, 3.05) is 16.8 Å². The van der Waals surface area contributed by atoms with Crippen LogP contribution >= 0.6 is 0 Å². The second-order valence-corrected chi connectivity index (χ2v) is 15.2. The van der Waals surface area contributed by atoms with E-state index in [2.05, 4.69) is 199 Å². The van der Waals surface area contributed by atoms with Crippen LogP contribution in [0.5, 0.6) is 0 Å². The molecule has 0 saturated carbocycles. The molecule has 0 amide bonds. The molecule has 6 aromatic carbocycles. The molecule has 2 aliphatic heterocycles. The van der Waals surface area contributed by atoms with Gasteiger partial charge in [0.2, 0.25) is 6.33 Å². The van der Waals surface area contributed by atoms with Crippen LogP contribution < -0.4 is 14.4 Å². The molecule has 5 nitrogen and oxygen atoms in total. The number of hydrogen-bond donors (Lipinski definition) is 0. The Morgan fingerprint density at radius 3 is 2.23 bits per heavy atom. The Labute approximate surface area is 325 Å². The smallest absolute Gasteiger partial charge is 0.504 e. The first kappa shape index (κ1) is 33.5. The van der Waals surface area contributed by atoms with Crippen molar-refractivity contribution in [1.29, 1.82) is 0 Å². The largest absolute Gasteiger partial charge is 4.00 e. The van der Waals surface area contributed by atoms with Gasteiger partial charge in [0.25, 0.3) is 0 Å². The first-order valence-corrected chi connectivity index (χ1v) is 17.9. The number of imidazole rings is 1. The molecule has 10 rings (SSSR count). The third kappa shape index (κ3) is 4.83. The van der Waals surface area contributed by atoms with Crippen molar-refractivity contribution in [3.05, 3.63) is 187 Å². The van der Waals surface area contributed by atoms with Crippen LogP contribution in [0.1, 0.15) is 48.6 Å². The Balaban J connectivity index is 0.00000372. The number of nitrogens with zero attached hydrogens (tertiary/aromatic N) is 5. The third-order valence-corrected chi connectivity index (χ3v) is 11.0. The maximum Gasteiger partial charge on any atom is 4.00 e. The zero-order valence-electron chi connectivity index (χ0n) is 30.3. The van der Waals surface area contributed by atoms with E-state index in [9.17, 15) is 0 Å². The molecule has 6 heteroatoms. The van der Waals surface area contributed by atoms with Crippen molar-refractivity contribution in [1.82, 2.24) is 9.13 Å². The molecule has 0 saturated heterocycles. The van der Waals surface area contributed by atoms with E-state index in [4.69, 9.17) is 0 Å². The summed E-state index contributed by atoms with van der Waals surface area (Å²) in [5, 5.41) is 2.48. The van der Waals surface area contributed by atoms with Crippen LogP contribution in [0.4, 0.5) is 17.1 Å². The van der Waals surface area contributed by atoms with Gasteiger partial charge in [-0.3, -0.25) is 0 Å². The second-order valence-electron chi connectivity index (χ2n) is 15.2. The van der Waals surface area contributed by atoms with Crippen LogP contribution in [0, 0.1) is 25.1 Å². The molecule has 0 fully saturated rings. The summed E-state index contributed by atoms with van der Waals surface area (Å²) in [6, 6.07) is 52.5. The topological polar surface area (TPSA) is 20.2 Å². The maximum absolute atomic E-state index is 4.12. The summed E-state index contributed by atoms with van der Waals surface area (Å²) < 4.78 is 6.49. The Hall–Kier alpha value is -5.38. The predicted octanol–water partition coefficient (Wildman–Crippen LogP) is 9.50. The summed E-state index contributed by atoms with van der Waals surface area (Å²) in [5.41, 5.74) is 12.7. The van der Waals surface area contributed by atoms with Crippen LogP contribution in [0.2, 0.25) is 0 Å². The van der Waals surface area contributed by atoms with Crippen molar-refractivity contribution in [3.8, 4) is 11.4 Å². The summed E-state index contributed by atoms with van der Waals surface area (Å²) in [7, 11) is 4.12. The van der Waals surface area contributed by atoms with Crippen LogP contribution in [0.25, 0.3) is 33.2 Å². The number of benzene rings is 6. The van der Waals surface area contributed by atoms with E-state index < -0.39 is 5.41 Å². The summed E-state index contributed by atoms with van der Waals surface area (Å²) >= 11 is 0. The van der Waals surface area contributed by atoms with Gasteiger partial charge in [-0.25, -0.2) is 0 Å². The monoisotopic (exact) mass is 867 g/mol. The van der Waals surface area contributed by atoms with Gasteiger partial charge in [-0.15, -0.1) is 23.4 Å². The van der Waals surface area contributed by atoms with Crippen LogP contribution in [-0.4, -0.2) is 16.2 Å². The predicted molar refractivity (Wildman–Crippen MR) is 210 cm³/mol. The first-order valence-electron chi connectivity index (χ1n) is 17.9. The molecule has 0 spiro atoms. The number of aryl methyl sites for hydroxylation is 1. The molecule has 8 aromatic rings. The van der Waals surface area contributed by atoms with E-state index in [0.29, 0.717) is 0 Å². The Morgan fingerprint density at radius 1 is 0.717 bits per heavy atom. The number of anilines is 3. The van der Waals surface area contributed by atoms with Crippen LogP contribution in [-0.2, 0) is 38.9 Å². The number of rotatable bonds is 4. The molecule has 0 radical (unpaired) electrons. The fourth-order valence-corrected chi connectivity index (χ4v) is 8.53. The van der Waals surface area contributed by atoms with Gasteiger partial charge in [0.05, 0.1) is 7.05 Å². The van der Waals surface area contributed by atoms with Gasteiger partial charge in [-0.05, 0) is 41.8 Å². The van der Waals surface area contributed by atoms with E-state index in [1.54, 1.807) is 0 Å². The van der Waals surface area contributed by atoms with Crippen LogP contribution in [0.3, 0.4) is 0 Å². The van der Waals surface area contributed by atoms with Gasteiger partial charge in [0.15, 0.2) is 0 Å². The molecule has 2 aromatic heterocycles. The van der Waals surface area contributed by atoms with Crippen molar-refractivity contribution in [2.45, 2.75) is 31.6 Å². The fourth-order valence-electron chi connectivity index (χ4n) is 8.53. The van der Waals surface area contributed by atoms with E-state index in [0.717, 1.165) is 33.9 Å². The third-order valence-electron chi connectivity index (χ3n) is 11.0. The summed E-state index contributed by atoms with van der Waals surface area (Å²) in [6.07, 6.45) is 7.55. The minimum atomic E-state index is -0.771. The molecule has 4 heterocycles. The Morgan fingerprint density at radius 2 is 1.45 bits per heavy atom. The number of hydrogen-bond acceptors (Lipinski definition) is 2. The molecule has 53 heavy (non-hydrogen) atoms. The molecular formula is C47H38N5Pt+. The molecule has 0 aliphatic carbocycles. The van der Waals surface area contributed by atoms with Gasteiger partial charge >= 0.3 is 21.1 Å². The van der Waals surface area contributed by atoms with Crippen molar-refractivity contribution >= 4 is 38.9 Å². The van der Waals surface area contributed by atoms with Crippen molar-refractivity contribution in [2.24, 2.45) is 7.05 Å². The summed E-state index contributed by atoms with van der Waals surface area (Å²) in [5.74, 6) is 0. The minimum absolute atomic E-state index is 0.